The van der Waals surface area contributed by atoms with Gasteiger partial charge >= 0.3 is 0 Å². The van der Waals surface area contributed by atoms with Gasteiger partial charge < -0.3 is 20.1 Å². The summed E-state index contributed by atoms with van der Waals surface area (Å²) in [5, 5.41) is 7.44. The van der Waals surface area contributed by atoms with Gasteiger partial charge in [-0.3, -0.25) is 9.59 Å². The van der Waals surface area contributed by atoms with Crippen LogP contribution in [0.25, 0.3) is 6.08 Å². The number of benzene rings is 2. The van der Waals surface area contributed by atoms with Gasteiger partial charge in [-0.15, -0.1) is 11.3 Å². The highest BCUT2D eigenvalue weighted by atomic mass is 32.1. The van der Waals surface area contributed by atoms with E-state index < -0.39 is 0 Å². The van der Waals surface area contributed by atoms with Gasteiger partial charge in [0.1, 0.15) is 23.8 Å². The second-order valence-electron chi connectivity index (χ2n) is 8.63. The first-order valence-electron chi connectivity index (χ1n) is 11.0. The number of ether oxygens (including phenoxy) is 2. The van der Waals surface area contributed by atoms with Gasteiger partial charge in [0.15, 0.2) is 0 Å². The van der Waals surface area contributed by atoms with Crippen molar-refractivity contribution in [1.82, 2.24) is 10.6 Å². The van der Waals surface area contributed by atoms with Gasteiger partial charge in [0.2, 0.25) is 0 Å². The van der Waals surface area contributed by atoms with E-state index in [9.17, 15) is 9.59 Å². The third-order valence-electron chi connectivity index (χ3n) is 5.05. The maximum atomic E-state index is 12.8. The minimum absolute atomic E-state index is 0.0774. The number of methoxy groups -OCH3 is 1. The van der Waals surface area contributed by atoms with Crippen LogP contribution in [0.3, 0.4) is 0 Å². The van der Waals surface area contributed by atoms with Gasteiger partial charge in [-0.1, -0.05) is 39.0 Å². The fourth-order valence-electron chi connectivity index (χ4n) is 3.09. The minimum Gasteiger partial charge on any atom is -0.497 e. The average Bonchev–Trinajstić information content (AvgIpc) is 3.34. The summed E-state index contributed by atoms with van der Waals surface area (Å²) in [6, 6.07) is 18.4. The van der Waals surface area contributed by atoms with Crippen LogP contribution < -0.4 is 20.1 Å². The Morgan fingerprint density at radius 1 is 0.971 bits per heavy atom. The quantitative estimate of drug-likeness (QED) is 0.334. The van der Waals surface area contributed by atoms with Gasteiger partial charge in [-0.05, 0) is 64.9 Å². The normalized spacial score (nSPS) is 11.6. The maximum Gasteiger partial charge on any atom is 0.267 e. The van der Waals surface area contributed by atoms with Crippen molar-refractivity contribution in [1.29, 1.82) is 0 Å². The fraction of sp³-hybridized carbons (Fsp3) is 0.259. The van der Waals surface area contributed by atoms with Gasteiger partial charge in [0.25, 0.3) is 11.8 Å². The standard InChI is InChI=1S/C27H30N2O4S/c1-27(2,3)20-9-13-22(14-10-20)33-16-15-28-26(31)24(18-23-6-5-17-34-23)29-25(30)19-7-11-21(32-4)12-8-19/h5-14,17-18H,15-16H2,1-4H3,(H,28,31)(H,29,30)/b24-18-. The Hall–Kier alpha value is -3.58. The number of amides is 2. The van der Waals surface area contributed by atoms with Crippen molar-refractivity contribution in [2.45, 2.75) is 26.2 Å². The lowest BCUT2D eigenvalue weighted by Crippen LogP contribution is -2.36. The predicted octanol–water partition coefficient (Wildman–Crippen LogP) is 5.02. The number of rotatable bonds is 9. The van der Waals surface area contributed by atoms with Crippen molar-refractivity contribution < 1.29 is 19.1 Å². The second kappa shape index (κ2) is 11.5. The zero-order chi connectivity index (χ0) is 24.6. The van der Waals surface area contributed by atoms with Crippen LogP contribution >= 0.6 is 11.3 Å². The molecule has 2 amide bonds. The number of thiophene rings is 1. The van der Waals surface area contributed by atoms with Crippen molar-refractivity contribution in [3.8, 4) is 11.5 Å². The van der Waals surface area contributed by atoms with Crippen molar-refractivity contribution >= 4 is 29.2 Å². The molecule has 7 heteroatoms. The van der Waals surface area contributed by atoms with E-state index >= 15 is 0 Å². The summed E-state index contributed by atoms with van der Waals surface area (Å²) < 4.78 is 10.9. The van der Waals surface area contributed by atoms with Crippen LogP contribution in [0.1, 0.15) is 41.6 Å². The third-order valence-corrected chi connectivity index (χ3v) is 5.87. The highest BCUT2D eigenvalue weighted by molar-refractivity contribution is 7.10. The largest absolute Gasteiger partial charge is 0.497 e. The Bertz CT molecular complexity index is 1110. The molecule has 0 fully saturated rings. The molecule has 0 aliphatic carbocycles. The second-order valence-corrected chi connectivity index (χ2v) is 9.61. The van der Waals surface area contributed by atoms with Crippen LogP contribution in [-0.2, 0) is 10.2 Å². The number of hydrogen-bond donors (Lipinski definition) is 2. The van der Waals surface area contributed by atoms with Gasteiger partial charge in [0.05, 0.1) is 13.7 Å². The zero-order valence-corrected chi connectivity index (χ0v) is 20.7. The number of hydrogen-bond acceptors (Lipinski definition) is 5. The molecule has 3 rings (SSSR count). The lowest BCUT2D eigenvalue weighted by atomic mass is 9.87. The molecule has 0 bridgehead atoms. The van der Waals surface area contributed by atoms with E-state index in [2.05, 4.69) is 31.4 Å². The Labute approximate surface area is 204 Å². The first kappa shape index (κ1) is 25.1. The Kier molecular flexibility index (Phi) is 8.49. The highest BCUT2D eigenvalue weighted by Gasteiger charge is 2.15. The maximum absolute atomic E-state index is 12.8. The van der Waals surface area contributed by atoms with E-state index in [4.69, 9.17) is 9.47 Å². The van der Waals surface area contributed by atoms with Crippen molar-refractivity contribution in [2.24, 2.45) is 0 Å². The molecule has 0 saturated carbocycles. The smallest absolute Gasteiger partial charge is 0.267 e. The summed E-state index contributed by atoms with van der Waals surface area (Å²) in [4.78, 5) is 26.4. The Morgan fingerprint density at radius 2 is 1.65 bits per heavy atom. The van der Waals surface area contributed by atoms with Crippen LogP contribution in [0.15, 0.2) is 71.7 Å². The van der Waals surface area contributed by atoms with Crippen LogP contribution in [0.4, 0.5) is 0 Å². The number of nitrogens with one attached hydrogen (secondary N) is 2. The molecular weight excluding hydrogens is 448 g/mol. The number of carbonyl (C=O) groups is 2. The summed E-state index contributed by atoms with van der Waals surface area (Å²) in [6.45, 7) is 7.08. The molecule has 34 heavy (non-hydrogen) atoms. The van der Waals surface area contributed by atoms with E-state index in [1.54, 1.807) is 37.5 Å². The lowest BCUT2D eigenvalue weighted by Gasteiger charge is -2.19. The molecule has 178 valence electrons. The summed E-state index contributed by atoms with van der Waals surface area (Å²) in [5.41, 5.74) is 1.89. The SMILES string of the molecule is COc1ccc(C(=O)N/C(=C\c2cccs2)C(=O)NCCOc2ccc(C(C)(C)C)cc2)cc1. The molecule has 0 unspecified atom stereocenters. The molecule has 0 atom stereocenters. The van der Waals surface area contributed by atoms with Gasteiger partial charge in [0, 0.05) is 10.4 Å². The lowest BCUT2D eigenvalue weighted by molar-refractivity contribution is -0.117. The molecule has 3 aromatic rings. The monoisotopic (exact) mass is 478 g/mol. The molecule has 1 aromatic heterocycles. The first-order valence-corrected chi connectivity index (χ1v) is 11.9. The molecule has 0 spiro atoms. The van der Waals surface area contributed by atoms with E-state index in [-0.39, 0.29) is 22.9 Å². The van der Waals surface area contributed by atoms with Crippen LogP contribution in [0, 0.1) is 0 Å². The average molecular weight is 479 g/mol. The molecule has 0 radical (unpaired) electrons. The molecule has 1 heterocycles. The van der Waals surface area contributed by atoms with E-state index in [0.717, 1.165) is 10.6 Å². The summed E-state index contributed by atoms with van der Waals surface area (Å²) in [6.07, 6.45) is 1.66. The Balaban J connectivity index is 1.59. The van der Waals surface area contributed by atoms with Crippen LogP contribution in [-0.4, -0.2) is 32.1 Å². The van der Waals surface area contributed by atoms with Crippen molar-refractivity contribution in [2.75, 3.05) is 20.3 Å². The molecule has 2 N–H and O–H groups in total. The molecule has 2 aromatic carbocycles. The molecule has 0 aliphatic heterocycles. The molecule has 0 saturated heterocycles. The third kappa shape index (κ3) is 7.22. The van der Waals surface area contributed by atoms with Crippen molar-refractivity contribution in [3.05, 3.63) is 87.7 Å². The molecule has 6 nitrogen and oxygen atoms in total. The van der Waals surface area contributed by atoms with Crippen LogP contribution in [0.2, 0.25) is 0 Å². The topological polar surface area (TPSA) is 76.7 Å². The Morgan fingerprint density at radius 3 is 2.24 bits per heavy atom. The summed E-state index contributed by atoms with van der Waals surface area (Å²) >= 11 is 1.48. The first-order chi connectivity index (χ1) is 16.3. The van der Waals surface area contributed by atoms with Crippen molar-refractivity contribution in [3.63, 3.8) is 0 Å². The molecule has 0 aliphatic rings. The van der Waals surface area contributed by atoms with E-state index in [0.29, 0.717) is 24.5 Å². The fourth-order valence-corrected chi connectivity index (χ4v) is 3.75. The number of carbonyl (C=O) groups excluding carboxylic acids is 2. The van der Waals surface area contributed by atoms with Gasteiger partial charge in [-0.25, -0.2) is 0 Å². The zero-order valence-electron chi connectivity index (χ0n) is 19.9. The highest BCUT2D eigenvalue weighted by Crippen LogP contribution is 2.24. The summed E-state index contributed by atoms with van der Waals surface area (Å²) in [7, 11) is 1.56. The van der Waals surface area contributed by atoms with E-state index in [1.165, 1.54) is 16.9 Å². The minimum atomic E-state index is -0.387. The van der Waals surface area contributed by atoms with Gasteiger partial charge in [-0.2, -0.15) is 0 Å². The van der Waals surface area contributed by atoms with E-state index in [1.807, 2.05) is 41.8 Å². The predicted molar refractivity (Wildman–Crippen MR) is 136 cm³/mol. The van der Waals surface area contributed by atoms with Crippen LogP contribution in [0.5, 0.6) is 11.5 Å². The summed E-state index contributed by atoms with van der Waals surface area (Å²) in [5.74, 6) is 0.624. The molecular formula is C27H30N2O4S.